The predicted octanol–water partition coefficient (Wildman–Crippen LogP) is 0.748. The van der Waals surface area contributed by atoms with Crippen molar-refractivity contribution in [3.63, 3.8) is 0 Å². The lowest BCUT2D eigenvalue weighted by Crippen LogP contribution is -2.23. The number of aromatic nitrogens is 3. The van der Waals surface area contributed by atoms with E-state index in [9.17, 15) is 4.79 Å². The summed E-state index contributed by atoms with van der Waals surface area (Å²) in [4.78, 5) is 11.8. The smallest absolute Gasteiger partial charge is 0.345 e. The Morgan fingerprint density at radius 1 is 1.40 bits per heavy atom. The first-order valence-electron chi connectivity index (χ1n) is 6.60. The Labute approximate surface area is 118 Å². The molecule has 108 valence electrons. The molecule has 6 heteroatoms. The van der Waals surface area contributed by atoms with E-state index >= 15 is 0 Å². The van der Waals surface area contributed by atoms with Crippen LogP contribution in [0.1, 0.15) is 18.1 Å². The summed E-state index contributed by atoms with van der Waals surface area (Å²) in [7, 11) is 3.31. The first-order chi connectivity index (χ1) is 9.65. The normalized spacial score (nSPS) is 10.8. The van der Waals surface area contributed by atoms with E-state index in [2.05, 4.69) is 17.3 Å². The average molecular weight is 276 g/mol. The fourth-order valence-corrected chi connectivity index (χ4v) is 2.03. The van der Waals surface area contributed by atoms with Gasteiger partial charge < -0.3 is 10.1 Å². The number of rotatable bonds is 6. The second kappa shape index (κ2) is 6.38. The molecule has 0 aliphatic heterocycles. The minimum absolute atomic E-state index is 0.135. The molecule has 1 aromatic carbocycles. The van der Waals surface area contributed by atoms with Crippen molar-refractivity contribution in [1.29, 1.82) is 0 Å². The van der Waals surface area contributed by atoms with Gasteiger partial charge in [-0.3, -0.25) is 4.57 Å². The summed E-state index contributed by atoms with van der Waals surface area (Å²) in [5, 5.41) is 7.35. The molecule has 0 radical (unpaired) electrons. The molecule has 0 bridgehead atoms. The zero-order valence-corrected chi connectivity index (χ0v) is 12.1. The largest absolute Gasteiger partial charge is 0.496 e. The topological polar surface area (TPSA) is 61.1 Å². The third-order valence-corrected chi connectivity index (χ3v) is 3.13. The first kappa shape index (κ1) is 14.3. The molecule has 0 atom stereocenters. The number of methoxy groups -OCH3 is 1. The van der Waals surface area contributed by atoms with E-state index in [0.29, 0.717) is 6.54 Å². The van der Waals surface area contributed by atoms with Crippen molar-refractivity contribution < 1.29 is 4.74 Å². The number of aryl methyl sites for hydroxylation is 1. The van der Waals surface area contributed by atoms with Gasteiger partial charge in [-0.15, -0.1) is 0 Å². The van der Waals surface area contributed by atoms with Gasteiger partial charge in [-0.05, 0) is 24.2 Å². The molecule has 0 saturated heterocycles. The molecular formula is C14H20N4O2. The van der Waals surface area contributed by atoms with Gasteiger partial charge >= 0.3 is 5.69 Å². The summed E-state index contributed by atoms with van der Waals surface area (Å²) < 4.78 is 8.23. The highest BCUT2D eigenvalue weighted by molar-refractivity contribution is 5.37. The average Bonchev–Trinajstić information content (AvgIpc) is 2.77. The Balaban J connectivity index is 2.28. The van der Waals surface area contributed by atoms with E-state index < -0.39 is 0 Å². The molecule has 1 heterocycles. The summed E-state index contributed by atoms with van der Waals surface area (Å²) in [6.07, 6.45) is 1.51. The van der Waals surface area contributed by atoms with Crippen LogP contribution in [0.5, 0.6) is 5.75 Å². The third kappa shape index (κ3) is 3.08. The summed E-state index contributed by atoms with van der Waals surface area (Å²) in [5.41, 5.74) is 1.97. The number of nitrogens with one attached hydrogen (secondary N) is 1. The first-order valence-corrected chi connectivity index (χ1v) is 6.60. The molecule has 20 heavy (non-hydrogen) atoms. The minimum atomic E-state index is -0.135. The molecule has 0 aliphatic carbocycles. The predicted molar refractivity (Wildman–Crippen MR) is 76.9 cm³/mol. The lowest BCUT2D eigenvalue weighted by Gasteiger charge is -2.11. The highest BCUT2D eigenvalue weighted by atomic mass is 16.5. The van der Waals surface area contributed by atoms with E-state index in [1.54, 1.807) is 14.2 Å². The summed E-state index contributed by atoms with van der Waals surface area (Å²) in [6.45, 7) is 4.19. The molecule has 0 aliphatic rings. The van der Waals surface area contributed by atoms with Crippen molar-refractivity contribution in [1.82, 2.24) is 19.7 Å². The van der Waals surface area contributed by atoms with Gasteiger partial charge in [0, 0.05) is 19.2 Å². The van der Waals surface area contributed by atoms with Crippen LogP contribution in [0.2, 0.25) is 0 Å². The van der Waals surface area contributed by atoms with Crippen molar-refractivity contribution in [3.8, 4) is 5.75 Å². The molecule has 0 spiro atoms. The summed E-state index contributed by atoms with van der Waals surface area (Å²) >= 11 is 0. The van der Waals surface area contributed by atoms with Crippen LogP contribution < -0.4 is 15.7 Å². The van der Waals surface area contributed by atoms with Crippen LogP contribution >= 0.6 is 0 Å². The van der Waals surface area contributed by atoms with E-state index in [4.69, 9.17) is 4.74 Å². The fourth-order valence-electron chi connectivity index (χ4n) is 2.03. The van der Waals surface area contributed by atoms with Crippen molar-refractivity contribution in [3.05, 3.63) is 46.1 Å². The zero-order valence-electron chi connectivity index (χ0n) is 12.1. The van der Waals surface area contributed by atoms with E-state index in [1.165, 1.54) is 15.6 Å². The van der Waals surface area contributed by atoms with E-state index in [1.807, 2.05) is 18.2 Å². The quantitative estimate of drug-likeness (QED) is 0.845. The van der Waals surface area contributed by atoms with Crippen molar-refractivity contribution >= 4 is 0 Å². The Morgan fingerprint density at radius 3 is 2.80 bits per heavy atom. The molecule has 6 nitrogen and oxygen atoms in total. The van der Waals surface area contributed by atoms with Crippen molar-refractivity contribution in [2.45, 2.75) is 20.0 Å². The molecule has 2 aromatic rings. The maximum absolute atomic E-state index is 11.8. The molecule has 2 rings (SSSR count). The Hall–Kier alpha value is -2.08. The lowest BCUT2D eigenvalue weighted by molar-refractivity contribution is 0.406. The maximum Gasteiger partial charge on any atom is 0.345 e. The van der Waals surface area contributed by atoms with Gasteiger partial charge in [0.25, 0.3) is 0 Å². The van der Waals surface area contributed by atoms with Crippen molar-refractivity contribution in [2.24, 2.45) is 7.05 Å². The van der Waals surface area contributed by atoms with Crippen LogP contribution in [0.25, 0.3) is 0 Å². The van der Waals surface area contributed by atoms with Gasteiger partial charge in [0.2, 0.25) is 0 Å². The van der Waals surface area contributed by atoms with Gasteiger partial charge in [0.1, 0.15) is 12.1 Å². The van der Waals surface area contributed by atoms with Crippen LogP contribution in [0.4, 0.5) is 0 Å². The minimum Gasteiger partial charge on any atom is -0.496 e. The molecule has 0 unspecified atom stereocenters. The Morgan fingerprint density at radius 2 is 2.20 bits per heavy atom. The van der Waals surface area contributed by atoms with Crippen LogP contribution in [-0.2, 0) is 20.1 Å². The highest BCUT2D eigenvalue weighted by Crippen LogP contribution is 2.20. The molecule has 1 aromatic heterocycles. The van der Waals surface area contributed by atoms with Crippen LogP contribution in [-0.4, -0.2) is 28.0 Å². The number of nitrogens with zero attached hydrogens (tertiary/aromatic N) is 3. The van der Waals surface area contributed by atoms with Crippen LogP contribution in [0.15, 0.2) is 29.3 Å². The van der Waals surface area contributed by atoms with Crippen LogP contribution in [0, 0.1) is 0 Å². The molecule has 0 fully saturated rings. The third-order valence-electron chi connectivity index (χ3n) is 3.13. The lowest BCUT2D eigenvalue weighted by atomic mass is 10.1. The molecular weight excluding hydrogens is 256 g/mol. The van der Waals surface area contributed by atoms with Gasteiger partial charge in [-0.1, -0.05) is 13.0 Å². The molecule has 1 N–H and O–H groups in total. The number of hydrogen-bond acceptors (Lipinski definition) is 4. The van der Waals surface area contributed by atoms with E-state index in [0.717, 1.165) is 30.0 Å². The summed E-state index contributed by atoms with van der Waals surface area (Å²) in [6, 6.07) is 5.99. The molecule has 0 amide bonds. The Kier molecular flexibility index (Phi) is 4.57. The second-order valence-electron chi connectivity index (χ2n) is 4.61. The number of benzene rings is 1. The molecule has 0 saturated carbocycles. The van der Waals surface area contributed by atoms with Crippen LogP contribution in [0.3, 0.4) is 0 Å². The monoisotopic (exact) mass is 276 g/mol. The number of hydrogen-bond donors (Lipinski definition) is 1. The standard InChI is InChI=1S/C14H20N4O2/c1-4-15-8-11-5-6-13(20-3)12(7-11)9-18-14(19)17(2)10-16-18/h5-7,10,15H,4,8-9H2,1-3H3. The van der Waals surface area contributed by atoms with Gasteiger partial charge in [-0.2, -0.15) is 5.10 Å². The SMILES string of the molecule is CCNCc1ccc(OC)c(Cn2ncn(C)c2=O)c1. The van der Waals surface area contributed by atoms with Gasteiger partial charge in [-0.25, -0.2) is 9.48 Å². The Bertz CT molecular complexity index is 630. The fraction of sp³-hybridized carbons (Fsp3) is 0.429. The van der Waals surface area contributed by atoms with Gasteiger partial charge in [0.15, 0.2) is 0 Å². The second-order valence-corrected chi connectivity index (χ2v) is 4.61. The van der Waals surface area contributed by atoms with Gasteiger partial charge in [0.05, 0.1) is 13.7 Å². The maximum atomic E-state index is 11.8. The van der Waals surface area contributed by atoms with E-state index in [-0.39, 0.29) is 5.69 Å². The number of ether oxygens (including phenoxy) is 1. The highest BCUT2D eigenvalue weighted by Gasteiger charge is 2.08. The van der Waals surface area contributed by atoms with Crippen molar-refractivity contribution in [2.75, 3.05) is 13.7 Å². The summed E-state index contributed by atoms with van der Waals surface area (Å²) in [5.74, 6) is 0.766. The zero-order chi connectivity index (χ0) is 14.5.